The number of rotatable bonds is 3. The van der Waals surface area contributed by atoms with Crippen molar-refractivity contribution in [3.63, 3.8) is 0 Å². The number of amides is 1. The highest BCUT2D eigenvalue weighted by molar-refractivity contribution is 5.81. The number of hydrogen-bond donors (Lipinski definition) is 1. The third kappa shape index (κ3) is 3.51. The van der Waals surface area contributed by atoms with Gasteiger partial charge in [-0.2, -0.15) is 13.2 Å². The number of hydrogen-bond acceptors (Lipinski definition) is 3. The number of likely N-dealkylation sites (tertiary alicyclic amines) is 1. The minimum absolute atomic E-state index is 0.0356. The number of halogens is 3. The highest BCUT2D eigenvalue weighted by Crippen LogP contribution is 2.44. The molecule has 0 spiro atoms. The van der Waals surface area contributed by atoms with Crippen LogP contribution in [0.3, 0.4) is 0 Å². The topological polar surface area (TPSA) is 66.8 Å². The Morgan fingerprint density at radius 2 is 1.57 bits per heavy atom. The van der Waals surface area contributed by atoms with Gasteiger partial charge in [0.05, 0.1) is 0 Å². The number of carbonyl (C=O) groups excluding carboxylic acids is 1. The molecule has 2 aromatic rings. The fourth-order valence-electron chi connectivity index (χ4n) is 4.49. The van der Waals surface area contributed by atoms with E-state index < -0.39 is 30.3 Å². The van der Waals surface area contributed by atoms with Crippen LogP contribution in [0, 0.1) is 0 Å². The van der Waals surface area contributed by atoms with Crippen molar-refractivity contribution in [3.05, 3.63) is 59.7 Å². The first-order chi connectivity index (χ1) is 14.3. The number of piperidine rings is 1. The lowest BCUT2D eigenvalue weighted by Crippen LogP contribution is -2.58. The van der Waals surface area contributed by atoms with E-state index in [1.807, 2.05) is 48.5 Å². The lowest BCUT2D eigenvalue weighted by atomic mass is 9.95. The minimum Gasteiger partial charge on any atom is -0.480 e. The van der Waals surface area contributed by atoms with Crippen molar-refractivity contribution < 1.29 is 32.6 Å². The second kappa shape index (κ2) is 7.66. The summed E-state index contributed by atoms with van der Waals surface area (Å²) >= 11 is 0. The summed E-state index contributed by atoms with van der Waals surface area (Å²) in [6.45, 7) is -0.166. The van der Waals surface area contributed by atoms with Gasteiger partial charge in [0, 0.05) is 5.92 Å². The van der Waals surface area contributed by atoms with Gasteiger partial charge in [-0.25, -0.2) is 9.59 Å². The molecule has 0 saturated carbocycles. The number of alkyl halides is 3. The molecular formula is C22H20F3NO4. The number of carbonyl (C=O) groups is 2. The quantitative estimate of drug-likeness (QED) is 0.776. The SMILES string of the molecule is O=C(O)[C@@H]1CCC[C@H](C(F)(F)F)N1C(=O)OCC1c2ccccc2-c2ccccc21. The second-order valence-electron chi connectivity index (χ2n) is 7.55. The van der Waals surface area contributed by atoms with Gasteiger partial charge in [-0.15, -0.1) is 0 Å². The first kappa shape index (κ1) is 20.3. The van der Waals surface area contributed by atoms with E-state index in [4.69, 9.17) is 4.74 Å². The number of carboxylic acid groups (broad SMARTS) is 1. The molecule has 2 aliphatic rings. The Morgan fingerprint density at radius 1 is 1.00 bits per heavy atom. The molecule has 1 aliphatic heterocycles. The van der Waals surface area contributed by atoms with Gasteiger partial charge in [-0.05, 0) is 41.5 Å². The molecule has 0 radical (unpaired) electrons. The zero-order valence-electron chi connectivity index (χ0n) is 15.9. The molecule has 1 heterocycles. The van der Waals surface area contributed by atoms with E-state index in [2.05, 4.69) is 0 Å². The first-order valence-corrected chi connectivity index (χ1v) is 9.72. The molecule has 4 rings (SSSR count). The highest BCUT2D eigenvalue weighted by Gasteiger charge is 2.52. The number of benzene rings is 2. The molecule has 1 N–H and O–H groups in total. The van der Waals surface area contributed by atoms with Crippen LogP contribution in [-0.2, 0) is 9.53 Å². The summed E-state index contributed by atoms with van der Waals surface area (Å²) in [6.07, 6.45) is -6.26. The van der Waals surface area contributed by atoms with Gasteiger partial charge < -0.3 is 9.84 Å². The normalized spacial score (nSPS) is 21.1. The lowest BCUT2D eigenvalue weighted by Gasteiger charge is -2.40. The summed E-state index contributed by atoms with van der Waals surface area (Å²) in [4.78, 5) is 24.6. The number of fused-ring (bicyclic) bond motifs is 3. The Bertz CT molecular complexity index is 929. The van der Waals surface area contributed by atoms with Crippen LogP contribution in [-0.4, -0.2) is 46.9 Å². The smallest absolute Gasteiger partial charge is 0.411 e. The molecule has 1 fully saturated rings. The van der Waals surface area contributed by atoms with Gasteiger partial charge in [0.2, 0.25) is 0 Å². The highest BCUT2D eigenvalue weighted by atomic mass is 19.4. The Balaban J connectivity index is 1.58. The Labute approximate surface area is 171 Å². The summed E-state index contributed by atoms with van der Waals surface area (Å²) in [7, 11) is 0. The third-order valence-electron chi connectivity index (χ3n) is 5.84. The molecule has 1 aliphatic carbocycles. The van der Waals surface area contributed by atoms with Gasteiger partial charge >= 0.3 is 18.2 Å². The van der Waals surface area contributed by atoms with Crippen molar-refractivity contribution in [1.29, 1.82) is 0 Å². The zero-order chi connectivity index (χ0) is 21.5. The minimum atomic E-state index is -4.72. The van der Waals surface area contributed by atoms with Gasteiger partial charge in [-0.1, -0.05) is 48.5 Å². The van der Waals surface area contributed by atoms with E-state index in [-0.39, 0.29) is 31.8 Å². The molecule has 2 atom stereocenters. The van der Waals surface area contributed by atoms with Gasteiger partial charge in [0.1, 0.15) is 18.7 Å². The molecule has 158 valence electrons. The number of nitrogens with zero attached hydrogens (tertiary/aromatic N) is 1. The van der Waals surface area contributed by atoms with E-state index >= 15 is 0 Å². The summed E-state index contributed by atoms with van der Waals surface area (Å²) in [6, 6.07) is 11.5. The molecule has 1 amide bonds. The summed E-state index contributed by atoms with van der Waals surface area (Å²) in [5, 5.41) is 9.36. The van der Waals surface area contributed by atoms with Crippen molar-refractivity contribution in [2.45, 2.75) is 43.4 Å². The van der Waals surface area contributed by atoms with E-state index in [1.165, 1.54) is 0 Å². The predicted molar refractivity (Wildman–Crippen MR) is 102 cm³/mol. The van der Waals surface area contributed by atoms with Gasteiger partial charge in [-0.3, -0.25) is 4.90 Å². The van der Waals surface area contributed by atoms with E-state index in [9.17, 15) is 27.9 Å². The maximum atomic E-state index is 13.5. The van der Waals surface area contributed by atoms with Gasteiger partial charge in [0.25, 0.3) is 0 Å². The van der Waals surface area contributed by atoms with E-state index in [0.717, 1.165) is 22.3 Å². The third-order valence-corrected chi connectivity index (χ3v) is 5.84. The molecule has 8 heteroatoms. The van der Waals surface area contributed by atoms with Crippen LogP contribution in [0.15, 0.2) is 48.5 Å². The fraction of sp³-hybridized carbons (Fsp3) is 0.364. The molecule has 5 nitrogen and oxygen atoms in total. The monoisotopic (exact) mass is 419 g/mol. The average Bonchev–Trinajstić information content (AvgIpc) is 3.04. The van der Waals surface area contributed by atoms with Crippen LogP contribution in [0.1, 0.15) is 36.3 Å². The molecule has 0 aromatic heterocycles. The lowest BCUT2D eigenvalue weighted by molar-refractivity contribution is -0.196. The maximum absolute atomic E-state index is 13.5. The molecule has 30 heavy (non-hydrogen) atoms. The largest absolute Gasteiger partial charge is 0.480 e. The van der Waals surface area contributed by atoms with E-state index in [1.54, 1.807) is 0 Å². The molecular weight excluding hydrogens is 399 g/mol. The summed E-state index contributed by atoms with van der Waals surface area (Å²) in [5.74, 6) is -1.78. The fourth-order valence-corrected chi connectivity index (χ4v) is 4.49. The Kier molecular flexibility index (Phi) is 5.17. The number of ether oxygens (including phenoxy) is 1. The molecule has 2 aromatic carbocycles. The van der Waals surface area contributed by atoms with Crippen molar-refractivity contribution in [1.82, 2.24) is 4.90 Å². The van der Waals surface area contributed by atoms with Crippen molar-refractivity contribution >= 4 is 12.1 Å². The predicted octanol–water partition coefficient (Wildman–Crippen LogP) is 4.81. The standard InChI is InChI=1S/C22H20F3NO4/c23-22(24,25)19-11-5-10-18(20(27)28)26(19)21(29)30-12-17-15-8-3-1-6-13(15)14-7-2-4-9-16(14)17/h1-4,6-9,17-19H,5,10-12H2,(H,27,28)/t18-,19+/m0/s1. The van der Waals surface area contributed by atoms with Crippen molar-refractivity contribution in [2.75, 3.05) is 6.61 Å². The molecule has 0 bridgehead atoms. The van der Waals surface area contributed by atoms with Crippen LogP contribution < -0.4 is 0 Å². The van der Waals surface area contributed by atoms with Crippen LogP contribution >= 0.6 is 0 Å². The van der Waals surface area contributed by atoms with Crippen LogP contribution in [0.5, 0.6) is 0 Å². The van der Waals surface area contributed by atoms with Crippen LogP contribution in [0.25, 0.3) is 11.1 Å². The van der Waals surface area contributed by atoms with Crippen LogP contribution in [0.2, 0.25) is 0 Å². The Hall–Kier alpha value is -3.03. The number of carboxylic acids is 1. The van der Waals surface area contributed by atoms with E-state index in [0.29, 0.717) is 4.90 Å². The molecule has 0 unspecified atom stereocenters. The summed E-state index contributed by atoms with van der Waals surface area (Å²) in [5.41, 5.74) is 3.83. The van der Waals surface area contributed by atoms with Gasteiger partial charge in [0.15, 0.2) is 0 Å². The first-order valence-electron chi connectivity index (χ1n) is 9.72. The maximum Gasteiger partial charge on any atom is 0.411 e. The van der Waals surface area contributed by atoms with Crippen molar-refractivity contribution in [2.24, 2.45) is 0 Å². The Morgan fingerprint density at radius 3 is 2.10 bits per heavy atom. The number of aliphatic carboxylic acids is 1. The summed E-state index contributed by atoms with van der Waals surface area (Å²) < 4.78 is 45.8. The average molecular weight is 419 g/mol. The molecule has 1 saturated heterocycles. The van der Waals surface area contributed by atoms with Crippen LogP contribution in [0.4, 0.5) is 18.0 Å². The van der Waals surface area contributed by atoms with Crippen molar-refractivity contribution in [3.8, 4) is 11.1 Å². The second-order valence-corrected chi connectivity index (χ2v) is 7.55. The zero-order valence-corrected chi connectivity index (χ0v) is 15.9.